The standard InChI is InChI=1S/C13H19N5/c1-3-4-5-6-7-18-10-13(16-17-18)12-8-14-11(2)15-9-12/h8-10H,3-7H2,1-2H3. The van der Waals surface area contributed by atoms with Gasteiger partial charge in [0, 0.05) is 24.5 Å². The average Bonchev–Trinajstić information content (AvgIpc) is 2.84. The van der Waals surface area contributed by atoms with E-state index in [0.29, 0.717) is 0 Å². The molecule has 2 rings (SSSR count). The third-order valence-electron chi connectivity index (χ3n) is 2.86. The fourth-order valence-electron chi connectivity index (χ4n) is 1.77. The molecule has 0 saturated carbocycles. The Balaban J connectivity index is 1.95. The monoisotopic (exact) mass is 245 g/mol. The highest BCUT2D eigenvalue weighted by atomic mass is 15.4. The van der Waals surface area contributed by atoms with Crippen LogP contribution in [0.1, 0.15) is 38.4 Å². The van der Waals surface area contributed by atoms with E-state index in [4.69, 9.17) is 0 Å². The molecular formula is C13H19N5. The molecular weight excluding hydrogens is 226 g/mol. The van der Waals surface area contributed by atoms with Crippen molar-refractivity contribution in [3.05, 3.63) is 24.4 Å². The molecule has 0 N–H and O–H groups in total. The van der Waals surface area contributed by atoms with Gasteiger partial charge in [-0.2, -0.15) is 0 Å². The van der Waals surface area contributed by atoms with Crippen LogP contribution in [0.5, 0.6) is 0 Å². The summed E-state index contributed by atoms with van der Waals surface area (Å²) < 4.78 is 1.89. The summed E-state index contributed by atoms with van der Waals surface area (Å²) in [4.78, 5) is 8.33. The Bertz CT molecular complexity index is 474. The number of hydrogen-bond donors (Lipinski definition) is 0. The van der Waals surface area contributed by atoms with Crippen LogP contribution in [0.2, 0.25) is 0 Å². The van der Waals surface area contributed by atoms with Gasteiger partial charge in [-0.3, -0.25) is 4.68 Å². The zero-order valence-corrected chi connectivity index (χ0v) is 11.0. The SMILES string of the molecule is CCCCCCn1cc(-c2cnc(C)nc2)nn1. The maximum atomic E-state index is 4.16. The zero-order chi connectivity index (χ0) is 12.8. The first-order valence-electron chi connectivity index (χ1n) is 6.48. The molecule has 2 heterocycles. The highest BCUT2D eigenvalue weighted by Crippen LogP contribution is 2.13. The highest BCUT2D eigenvalue weighted by molar-refractivity contribution is 5.54. The Morgan fingerprint density at radius 3 is 2.61 bits per heavy atom. The third kappa shape index (κ3) is 3.35. The van der Waals surface area contributed by atoms with Gasteiger partial charge < -0.3 is 0 Å². The zero-order valence-electron chi connectivity index (χ0n) is 11.0. The Morgan fingerprint density at radius 1 is 1.11 bits per heavy atom. The van der Waals surface area contributed by atoms with E-state index >= 15 is 0 Å². The second-order valence-corrected chi connectivity index (χ2v) is 4.45. The summed E-state index contributed by atoms with van der Waals surface area (Å²) in [6.45, 7) is 5.01. The van der Waals surface area contributed by atoms with Crippen LogP contribution in [-0.4, -0.2) is 25.0 Å². The molecule has 0 aliphatic carbocycles. The molecule has 18 heavy (non-hydrogen) atoms. The molecule has 0 bridgehead atoms. The number of unbranched alkanes of at least 4 members (excludes halogenated alkanes) is 3. The van der Waals surface area contributed by atoms with Crippen molar-refractivity contribution >= 4 is 0 Å². The van der Waals surface area contributed by atoms with Crippen molar-refractivity contribution in [2.24, 2.45) is 0 Å². The van der Waals surface area contributed by atoms with Crippen LogP contribution in [0.25, 0.3) is 11.3 Å². The van der Waals surface area contributed by atoms with E-state index in [1.54, 1.807) is 12.4 Å². The maximum Gasteiger partial charge on any atom is 0.125 e. The van der Waals surface area contributed by atoms with Crippen LogP contribution in [0.15, 0.2) is 18.6 Å². The van der Waals surface area contributed by atoms with E-state index in [1.807, 2.05) is 17.8 Å². The molecule has 5 heteroatoms. The Labute approximate surface area is 107 Å². The molecule has 0 saturated heterocycles. The second kappa shape index (κ2) is 6.23. The van der Waals surface area contributed by atoms with Gasteiger partial charge >= 0.3 is 0 Å². The van der Waals surface area contributed by atoms with Crippen molar-refractivity contribution in [2.45, 2.75) is 46.1 Å². The number of rotatable bonds is 6. The molecule has 0 spiro atoms. The summed E-state index contributed by atoms with van der Waals surface area (Å²) in [6, 6.07) is 0. The molecule has 0 aliphatic heterocycles. The summed E-state index contributed by atoms with van der Waals surface area (Å²) in [6.07, 6.45) is 10.5. The Kier molecular flexibility index (Phi) is 4.39. The lowest BCUT2D eigenvalue weighted by Crippen LogP contribution is -1.98. The number of nitrogens with zero attached hydrogens (tertiary/aromatic N) is 5. The van der Waals surface area contributed by atoms with Gasteiger partial charge in [0.15, 0.2) is 0 Å². The van der Waals surface area contributed by atoms with Gasteiger partial charge in [-0.1, -0.05) is 31.4 Å². The molecule has 5 nitrogen and oxygen atoms in total. The lowest BCUT2D eigenvalue weighted by molar-refractivity contribution is 0.527. The van der Waals surface area contributed by atoms with E-state index < -0.39 is 0 Å². The summed E-state index contributed by atoms with van der Waals surface area (Å²) in [5.41, 5.74) is 1.76. The number of aromatic nitrogens is 5. The highest BCUT2D eigenvalue weighted by Gasteiger charge is 2.04. The topological polar surface area (TPSA) is 56.5 Å². The third-order valence-corrected chi connectivity index (χ3v) is 2.86. The minimum absolute atomic E-state index is 0.769. The van der Waals surface area contributed by atoms with Crippen LogP contribution in [-0.2, 0) is 6.54 Å². The minimum Gasteiger partial charge on any atom is -0.252 e. The van der Waals surface area contributed by atoms with E-state index in [2.05, 4.69) is 27.2 Å². The van der Waals surface area contributed by atoms with E-state index in [0.717, 1.165) is 30.0 Å². The van der Waals surface area contributed by atoms with Crippen molar-refractivity contribution in [3.8, 4) is 11.3 Å². The summed E-state index contributed by atoms with van der Waals surface area (Å²) in [5.74, 6) is 0.769. The van der Waals surface area contributed by atoms with Crippen molar-refractivity contribution in [3.63, 3.8) is 0 Å². The average molecular weight is 245 g/mol. The molecule has 0 fully saturated rings. The second-order valence-electron chi connectivity index (χ2n) is 4.45. The molecule has 0 atom stereocenters. The molecule has 0 aromatic carbocycles. The van der Waals surface area contributed by atoms with Crippen LogP contribution >= 0.6 is 0 Å². The smallest absolute Gasteiger partial charge is 0.125 e. The fraction of sp³-hybridized carbons (Fsp3) is 0.538. The first-order chi connectivity index (χ1) is 8.79. The molecule has 0 amide bonds. The molecule has 0 aliphatic rings. The largest absolute Gasteiger partial charge is 0.252 e. The molecule has 0 radical (unpaired) electrons. The summed E-state index contributed by atoms with van der Waals surface area (Å²) in [5, 5.41) is 8.27. The van der Waals surface area contributed by atoms with Crippen LogP contribution < -0.4 is 0 Å². The van der Waals surface area contributed by atoms with Gasteiger partial charge in [0.1, 0.15) is 11.5 Å². The van der Waals surface area contributed by atoms with Crippen molar-refractivity contribution in [1.29, 1.82) is 0 Å². The Morgan fingerprint density at radius 2 is 1.89 bits per heavy atom. The van der Waals surface area contributed by atoms with Crippen molar-refractivity contribution in [2.75, 3.05) is 0 Å². The predicted octanol–water partition coefficient (Wildman–Crippen LogP) is 2.62. The minimum atomic E-state index is 0.769. The van der Waals surface area contributed by atoms with Crippen molar-refractivity contribution < 1.29 is 0 Å². The molecule has 2 aromatic rings. The van der Waals surface area contributed by atoms with Gasteiger partial charge in [0.05, 0.1) is 6.20 Å². The fourth-order valence-corrected chi connectivity index (χ4v) is 1.77. The van der Waals surface area contributed by atoms with Crippen LogP contribution in [0.4, 0.5) is 0 Å². The van der Waals surface area contributed by atoms with Crippen LogP contribution in [0.3, 0.4) is 0 Å². The van der Waals surface area contributed by atoms with Gasteiger partial charge in [0.25, 0.3) is 0 Å². The van der Waals surface area contributed by atoms with Crippen LogP contribution in [0, 0.1) is 6.92 Å². The first-order valence-corrected chi connectivity index (χ1v) is 6.48. The van der Waals surface area contributed by atoms with Crippen molar-refractivity contribution in [1.82, 2.24) is 25.0 Å². The quantitative estimate of drug-likeness (QED) is 0.734. The predicted molar refractivity (Wildman–Crippen MR) is 69.9 cm³/mol. The van der Waals surface area contributed by atoms with Gasteiger partial charge in [-0.15, -0.1) is 5.10 Å². The first kappa shape index (κ1) is 12.7. The van der Waals surface area contributed by atoms with Gasteiger partial charge in [0.2, 0.25) is 0 Å². The molecule has 2 aromatic heterocycles. The number of aryl methyl sites for hydroxylation is 2. The summed E-state index contributed by atoms with van der Waals surface area (Å²) in [7, 11) is 0. The molecule has 0 unspecified atom stereocenters. The van der Waals surface area contributed by atoms with Gasteiger partial charge in [-0.25, -0.2) is 9.97 Å². The normalized spacial score (nSPS) is 10.8. The lowest BCUT2D eigenvalue weighted by atomic mass is 10.2. The van der Waals surface area contributed by atoms with Gasteiger partial charge in [-0.05, 0) is 13.3 Å². The van der Waals surface area contributed by atoms with E-state index in [1.165, 1.54) is 19.3 Å². The number of hydrogen-bond acceptors (Lipinski definition) is 4. The van der Waals surface area contributed by atoms with E-state index in [-0.39, 0.29) is 0 Å². The summed E-state index contributed by atoms with van der Waals surface area (Å²) >= 11 is 0. The lowest BCUT2D eigenvalue weighted by Gasteiger charge is -1.99. The van der Waals surface area contributed by atoms with E-state index in [9.17, 15) is 0 Å². The maximum absolute atomic E-state index is 4.16. The Hall–Kier alpha value is -1.78. The molecule has 96 valence electrons.